The molecule has 3 N–H and O–H groups in total. The summed E-state index contributed by atoms with van der Waals surface area (Å²) in [7, 11) is 1.33. The summed E-state index contributed by atoms with van der Waals surface area (Å²) in [4.78, 5) is 25.9. The SMILES string of the molecule is CCOC(=O)c1[nH]c(N)c(C(=O)OCC)c1OC. The number of hydrogen-bond acceptors (Lipinski definition) is 6. The molecular weight excluding hydrogens is 240 g/mol. The molecule has 0 fully saturated rings. The Morgan fingerprint density at radius 1 is 1.17 bits per heavy atom. The number of aromatic amines is 1. The summed E-state index contributed by atoms with van der Waals surface area (Å²) in [5.41, 5.74) is 5.64. The molecule has 0 saturated heterocycles. The Morgan fingerprint density at radius 3 is 2.22 bits per heavy atom. The van der Waals surface area contributed by atoms with Gasteiger partial charge in [0.2, 0.25) is 0 Å². The fourth-order valence-electron chi connectivity index (χ4n) is 1.46. The van der Waals surface area contributed by atoms with E-state index in [-0.39, 0.29) is 36.0 Å². The van der Waals surface area contributed by atoms with Crippen LogP contribution in [0.4, 0.5) is 5.82 Å². The number of H-pyrrole nitrogens is 1. The van der Waals surface area contributed by atoms with Gasteiger partial charge < -0.3 is 24.9 Å². The molecule has 0 unspecified atom stereocenters. The molecule has 0 aliphatic rings. The van der Waals surface area contributed by atoms with Gasteiger partial charge in [0.05, 0.1) is 20.3 Å². The number of rotatable bonds is 5. The van der Waals surface area contributed by atoms with Crippen LogP contribution in [-0.2, 0) is 9.47 Å². The van der Waals surface area contributed by atoms with Crippen molar-refractivity contribution in [1.82, 2.24) is 4.98 Å². The van der Waals surface area contributed by atoms with Crippen molar-refractivity contribution >= 4 is 17.8 Å². The predicted molar refractivity (Wildman–Crippen MR) is 63.7 cm³/mol. The van der Waals surface area contributed by atoms with Crippen molar-refractivity contribution < 1.29 is 23.8 Å². The third kappa shape index (κ3) is 2.55. The van der Waals surface area contributed by atoms with Crippen molar-refractivity contribution in [3.63, 3.8) is 0 Å². The maximum atomic E-state index is 11.7. The lowest BCUT2D eigenvalue weighted by Gasteiger charge is -2.05. The summed E-state index contributed by atoms with van der Waals surface area (Å²) >= 11 is 0. The van der Waals surface area contributed by atoms with Gasteiger partial charge in [0.25, 0.3) is 0 Å². The zero-order valence-electron chi connectivity index (χ0n) is 10.5. The predicted octanol–water partition coefficient (Wildman–Crippen LogP) is 0.959. The number of aromatic nitrogens is 1. The van der Waals surface area contributed by atoms with Crippen LogP contribution in [0.25, 0.3) is 0 Å². The zero-order chi connectivity index (χ0) is 13.7. The van der Waals surface area contributed by atoms with Crippen LogP contribution >= 0.6 is 0 Å². The second kappa shape index (κ2) is 5.95. The summed E-state index contributed by atoms with van der Waals surface area (Å²) in [5, 5.41) is 0. The monoisotopic (exact) mass is 256 g/mol. The van der Waals surface area contributed by atoms with Gasteiger partial charge in [0.1, 0.15) is 11.4 Å². The standard InChI is InChI=1S/C11H16N2O5/c1-4-17-10(14)6-8(16-3)7(13-9(6)12)11(15)18-5-2/h13H,4-5,12H2,1-3H3. The maximum absolute atomic E-state index is 11.7. The van der Waals surface area contributed by atoms with Crippen molar-refractivity contribution in [1.29, 1.82) is 0 Å². The van der Waals surface area contributed by atoms with Crippen molar-refractivity contribution in [2.75, 3.05) is 26.1 Å². The highest BCUT2D eigenvalue weighted by Crippen LogP contribution is 2.30. The van der Waals surface area contributed by atoms with Crippen LogP contribution in [0.3, 0.4) is 0 Å². The van der Waals surface area contributed by atoms with Crippen LogP contribution in [-0.4, -0.2) is 37.2 Å². The van der Waals surface area contributed by atoms with E-state index in [2.05, 4.69) is 4.98 Å². The third-order valence-corrected chi connectivity index (χ3v) is 2.15. The van der Waals surface area contributed by atoms with E-state index in [4.69, 9.17) is 19.9 Å². The first kappa shape index (κ1) is 13.9. The van der Waals surface area contributed by atoms with Gasteiger partial charge in [0, 0.05) is 0 Å². The van der Waals surface area contributed by atoms with E-state index < -0.39 is 11.9 Å². The molecule has 1 aromatic rings. The fourth-order valence-corrected chi connectivity index (χ4v) is 1.46. The summed E-state index contributed by atoms with van der Waals surface area (Å²) in [6, 6.07) is 0. The van der Waals surface area contributed by atoms with Gasteiger partial charge in [-0.2, -0.15) is 0 Å². The number of esters is 2. The lowest BCUT2D eigenvalue weighted by atomic mass is 10.2. The van der Waals surface area contributed by atoms with Crippen LogP contribution < -0.4 is 10.5 Å². The number of hydrogen-bond donors (Lipinski definition) is 2. The van der Waals surface area contributed by atoms with Crippen LogP contribution in [0, 0.1) is 0 Å². The zero-order valence-corrected chi connectivity index (χ0v) is 10.5. The molecule has 1 rings (SSSR count). The van der Waals surface area contributed by atoms with E-state index in [0.29, 0.717) is 0 Å². The molecule has 1 aromatic heterocycles. The molecule has 0 bridgehead atoms. The van der Waals surface area contributed by atoms with Crippen molar-refractivity contribution in [2.24, 2.45) is 0 Å². The molecule has 0 saturated carbocycles. The highest BCUT2D eigenvalue weighted by atomic mass is 16.5. The van der Waals surface area contributed by atoms with Gasteiger partial charge in [-0.15, -0.1) is 0 Å². The molecule has 100 valence electrons. The first-order chi connectivity index (χ1) is 8.56. The lowest BCUT2D eigenvalue weighted by Crippen LogP contribution is -2.09. The Kier molecular flexibility index (Phi) is 4.59. The Bertz CT molecular complexity index is 453. The average Bonchev–Trinajstić information content (AvgIpc) is 2.66. The van der Waals surface area contributed by atoms with Crippen LogP contribution in [0.1, 0.15) is 34.7 Å². The summed E-state index contributed by atoms with van der Waals surface area (Å²) in [5.74, 6) is -1.26. The number of nitrogens with one attached hydrogen (secondary N) is 1. The van der Waals surface area contributed by atoms with Crippen molar-refractivity contribution in [2.45, 2.75) is 13.8 Å². The molecule has 18 heavy (non-hydrogen) atoms. The number of carbonyl (C=O) groups excluding carboxylic acids is 2. The van der Waals surface area contributed by atoms with Crippen molar-refractivity contribution in [3.8, 4) is 5.75 Å². The van der Waals surface area contributed by atoms with Crippen LogP contribution in [0.15, 0.2) is 0 Å². The Hall–Kier alpha value is -2.18. The quantitative estimate of drug-likeness (QED) is 0.760. The van der Waals surface area contributed by atoms with Gasteiger partial charge in [0.15, 0.2) is 11.4 Å². The molecule has 0 aliphatic carbocycles. The number of methoxy groups -OCH3 is 1. The van der Waals surface area contributed by atoms with Crippen LogP contribution in [0.2, 0.25) is 0 Å². The average molecular weight is 256 g/mol. The lowest BCUT2D eigenvalue weighted by molar-refractivity contribution is 0.0516. The number of ether oxygens (including phenoxy) is 3. The van der Waals surface area contributed by atoms with Gasteiger partial charge in [-0.05, 0) is 13.8 Å². The van der Waals surface area contributed by atoms with E-state index in [1.807, 2.05) is 0 Å². The Morgan fingerprint density at radius 2 is 1.72 bits per heavy atom. The first-order valence-corrected chi connectivity index (χ1v) is 5.46. The molecule has 0 amide bonds. The summed E-state index contributed by atoms with van der Waals surface area (Å²) in [6.07, 6.45) is 0. The topological polar surface area (TPSA) is 104 Å². The largest absolute Gasteiger partial charge is 0.493 e. The van der Waals surface area contributed by atoms with E-state index in [1.165, 1.54) is 7.11 Å². The van der Waals surface area contributed by atoms with E-state index in [1.54, 1.807) is 13.8 Å². The molecule has 7 nitrogen and oxygen atoms in total. The van der Waals surface area contributed by atoms with Gasteiger partial charge in [-0.1, -0.05) is 0 Å². The minimum absolute atomic E-state index is 0.0000898. The normalized spacial score (nSPS) is 9.94. The van der Waals surface area contributed by atoms with E-state index in [9.17, 15) is 9.59 Å². The molecule has 1 heterocycles. The number of anilines is 1. The smallest absolute Gasteiger partial charge is 0.358 e. The molecule has 0 aliphatic heterocycles. The first-order valence-electron chi connectivity index (χ1n) is 5.46. The Labute approximate surface area is 104 Å². The molecule has 7 heteroatoms. The number of nitrogens with two attached hydrogens (primary N) is 1. The number of carbonyl (C=O) groups is 2. The maximum Gasteiger partial charge on any atom is 0.358 e. The van der Waals surface area contributed by atoms with Crippen molar-refractivity contribution in [3.05, 3.63) is 11.3 Å². The minimum atomic E-state index is -0.654. The molecule has 0 spiro atoms. The Balaban J connectivity index is 3.20. The van der Waals surface area contributed by atoms with E-state index in [0.717, 1.165) is 0 Å². The molecular formula is C11H16N2O5. The molecule has 0 aromatic carbocycles. The second-order valence-electron chi connectivity index (χ2n) is 3.26. The second-order valence-corrected chi connectivity index (χ2v) is 3.26. The van der Waals surface area contributed by atoms with Gasteiger partial charge in [-0.25, -0.2) is 9.59 Å². The van der Waals surface area contributed by atoms with E-state index >= 15 is 0 Å². The molecule has 0 radical (unpaired) electrons. The molecule has 0 atom stereocenters. The highest BCUT2D eigenvalue weighted by Gasteiger charge is 2.28. The van der Waals surface area contributed by atoms with Crippen LogP contribution in [0.5, 0.6) is 5.75 Å². The summed E-state index contributed by atoms with van der Waals surface area (Å²) < 4.78 is 14.7. The summed E-state index contributed by atoms with van der Waals surface area (Å²) in [6.45, 7) is 3.74. The van der Waals surface area contributed by atoms with Gasteiger partial charge in [-0.3, -0.25) is 0 Å². The minimum Gasteiger partial charge on any atom is -0.493 e. The highest BCUT2D eigenvalue weighted by molar-refractivity contribution is 6.03. The fraction of sp³-hybridized carbons (Fsp3) is 0.455. The third-order valence-electron chi connectivity index (χ3n) is 2.15. The van der Waals surface area contributed by atoms with Gasteiger partial charge >= 0.3 is 11.9 Å². The number of nitrogen functional groups attached to an aromatic ring is 1.